The van der Waals surface area contributed by atoms with E-state index >= 15 is 0 Å². The van der Waals surface area contributed by atoms with Gasteiger partial charge < -0.3 is 45.8 Å². The number of aromatic nitrogens is 2. The van der Waals surface area contributed by atoms with Gasteiger partial charge in [-0.15, -0.1) is 16.6 Å². The molecule has 0 radical (unpaired) electrons. The number of aliphatic hydroxyl groups is 1. The van der Waals surface area contributed by atoms with Crippen molar-refractivity contribution in [2.45, 2.75) is 95.7 Å². The zero-order valence-electron chi connectivity index (χ0n) is 38.9. The first-order chi connectivity index (χ1) is 32.3. The van der Waals surface area contributed by atoms with Crippen molar-refractivity contribution in [3.63, 3.8) is 0 Å². The number of likely N-dealkylation sites (tertiary alicyclic amines) is 2. The molecule has 15 nitrogen and oxygen atoms in total. The van der Waals surface area contributed by atoms with E-state index < -0.39 is 29.5 Å². The zero-order chi connectivity index (χ0) is 46.8. The predicted octanol–water partition coefficient (Wildman–Crippen LogP) is 4.30. The maximum absolute atomic E-state index is 14.2. The first-order valence-corrected chi connectivity index (χ1v) is 24.0. The maximum Gasteiger partial charge on any atom is 0.251 e. The van der Waals surface area contributed by atoms with Crippen LogP contribution < -0.4 is 25.8 Å². The number of para-hydroxylation sites is 1. The van der Waals surface area contributed by atoms with Crippen molar-refractivity contribution in [2.75, 3.05) is 74.0 Å². The number of hydrogen-bond donors (Lipinski definition) is 5. The number of carbonyl (C=O) groups is 3. The van der Waals surface area contributed by atoms with Crippen LogP contribution in [0.2, 0.25) is 0 Å². The van der Waals surface area contributed by atoms with Gasteiger partial charge in [0.1, 0.15) is 17.8 Å². The number of hydrogen-bond acceptors (Lipinski definition) is 12. The number of piperazine rings is 1. The van der Waals surface area contributed by atoms with E-state index in [1.165, 1.54) is 17.7 Å². The standard InChI is InChI=1S/C52H64N10O5/c1-5-34-10-12-35(13-11-34)30-54-50(66)45-28-41(63)33-62(45)51(67)47(52(2,3)4)55-49(65)36-14-16-37(17-15-36)58-22-18-38(19-23-58)59-24-20-39(21-25-59)60-26-27-61-40(32-60)31-53-48-44(61)29-43(56-57-48)42-8-6-7-9-46(42)64/h1,6-17,29,38-41,45,47,63-64H,18-28,30-33H2,2-4H3,(H,53,57)(H,54,66)(H,55,65)/t40-,41+,45-,47+/m0/s1. The van der Waals surface area contributed by atoms with E-state index in [1.807, 2.05) is 75.4 Å². The van der Waals surface area contributed by atoms with Gasteiger partial charge in [0.2, 0.25) is 11.8 Å². The summed E-state index contributed by atoms with van der Waals surface area (Å²) in [5.74, 6) is 2.47. The van der Waals surface area contributed by atoms with E-state index in [9.17, 15) is 24.6 Å². The van der Waals surface area contributed by atoms with Crippen molar-refractivity contribution in [2.24, 2.45) is 5.41 Å². The normalized spacial score (nSPS) is 22.3. The summed E-state index contributed by atoms with van der Waals surface area (Å²) in [5, 5.41) is 39.4. The molecule has 67 heavy (non-hydrogen) atoms. The maximum atomic E-state index is 14.2. The van der Waals surface area contributed by atoms with Crippen LogP contribution in [0.25, 0.3) is 11.3 Å². The molecular formula is C52H64N10O5. The van der Waals surface area contributed by atoms with Gasteiger partial charge in [0.15, 0.2) is 5.82 Å². The second kappa shape index (κ2) is 19.6. The number of amides is 3. The number of piperidine rings is 2. The molecule has 5 N–H and O–H groups in total. The highest BCUT2D eigenvalue weighted by atomic mass is 16.3. The van der Waals surface area contributed by atoms with Crippen molar-refractivity contribution in [1.29, 1.82) is 0 Å². The van der Waals surface area contributed by atoms with Gasteiger partial charge in [0.05, 0.1) is 23.5 Å². The number of fused-ring (bicyclic) bond motifs is 3. The van der Waals surface area contributed by atoms with E-state index in [0.29, 0.717) is 34.9 Å². The summed E-state index contributed by atoms with van der Waals surface area (Å²) in [6.07, 6.45) is 9.25. The van der Waals surface area contributed by atoms with Gasteiger partial charge in [-0.25, -0.2) is 0 Å². The van der Waals surface area contributed by atoms with E-state index in [-0.39, 0.29) is 37.1 Å². The summed E-state index contributed by atoms with van der Waals surface area (Å²) in [6.45, 7) is 13.8. The lowest BCUT2D eigenvalue weighted by Gasteiger charge is -2.50. The summed E-state index contributed by atoms with van der Waals surface area (Å²) >= 11 is 0. The Hall–Kier alpha value is -6.21. The average Bonchev–Trinajstić information content (AvgIpc) is 3.76. The van der Waals surface area contributed by atoms with Gasteiger partial charge >= 0.3 is 0 Å². The average molecular weight is 909 g/mol. The van der Waals surface area contributed by atoms with Crippen LogP contribution in [0.5, 0.6) is 5.75 Å². The minimum Gasteiger partial charge on any atom is -0.507 e. The number of terminal acetylenes is 1. The number of nitrogens with zero attached hydrogens (tertiary/aromatic N) is 7. The van der Waals surface area contributed by atoms with Crippen LogP contribution >= 0.6 is 0 Å². The fraction of sp³-hybridized carbons (Fsp3) is 0.481. The largest absolute Gasteiger partial charge is 0.507 e. The molecule has 4 aromatic rings. The van der Waals surface area contributed by atoms with Crippen LogP contribution in [-0.4, -0.2) is 148 Å². The van der Waals surface area contributed by atoms with Gasteiger partial charge in [0, 0.05) is 93.2 Å². The Kier molecular flexibility index (Phi) is 13.4. The van der Waals surface area contributed by atoms with Crippen LogP contribution in [0.15, 0.2) is 78.9 Å². The number of carbonyl (C=O) groups excluding carboxylic acids is 3. The highest BCUT2D eigenvalue weighted by Crippen LogP contribution is 2.37. The van der Waals surface area contributed by atoms with Crippen molar-refractivity contribution >= 4 is 34.9 Å². The number of phenolic OH excluding ortho intramolecular Hbond substituents is 1. The van der Waals surface area contributed by atoms with Crippen molar-refractivity contribution in [3.05, 3.63) is 95.6 Å². The minimum atomic E-state index is -0.930. The molecule has 3 aromatic carbocycles. The molecule has 5 aliphatic rings. The minimum absolute atomic E-state index is 0.00862. The molecule has 15 heteroatoms. The fourth-order valence-corrected chi connectivity index (χ4v) is 10.8. The number of nitrogens with one attached hydrogen (secondary N) is 3. The van der Waals surface area contributed by atoms with Gasteiger partial charge in [-0.3, -0.25) is 19.3 Å². The van der Waals surface area contributed by atoms with Crippen LogP contribution in [0.3, 0.4) is 0 Å². The monoisotopic (exact) mass is 909 g/mol. The number of phenols is 1. The smallest absolute Gasteiger partial charge is 0.251 e. The van der Waals surface area contributed by atoms with Crippen molar-refractivity contribution in [1.82, 2.24) is 35.5 Å². The molecule has 3 amide bonds. The lowest BCUT2D eigenvalue weighted by Crippen LogP contribution is -2.61. The number of aliphatic hydroxyl groups excluding tert-OH is 1. The van der Waals surface area contributed by atoms with Crippen LogP contribution in [0, 0.1) is 17.8 Å². The molecule has 0 bridgehead atoms. The molecule has 4 fully saturated rings. The summed E-state index contributed by atoms with van der Waals surface area (Å²) < 4.78 is 0. The molecule has 4 atom stereocenters. The summed E-state index contributed by atoms with van der Waals surface area (Å²) in [7, 11) is 0. The lowest BCUT2D eigenvalue weighted by atomic mass is 9.85. The number of benzene rings is 3. The molecule has 0 aliphatic carbocycles. The second-order valence-corrected chi connectivity index (χ2v) is 20.0. The van der Waals surface area contributed by atoms with Gasteiger partial charge in [-0.1, -0.05) is 51.0 Å². The van der Waals surface area contributed by atoms with E-state index in [1.54, 1.807) is 18.2 Å². The Morgan fingerprint density at radius 2 is 1.55 bits per heavy atom. The summed E-state index contributed by atoms with van der Waals surface area (Å²) in [5.41, 5.74) is 4.89. The molecule has 0 unspecified atom stereocenters. The number of β-amino-alcohol motifs (C(OH)–C–C–N with tert-alkyl or cyclic N) is 1. The van der Waals surface area contributed by atoms with Crippen molar-refractivity contribution < 1.29 is 24.6 Å². The Balaban J connectivity index is 0.737. The summed E-state index contributed by atoms with van der Waals surface area (Å²) in [6, 6.07) is 24.0. The SMILES string of the molecule is C#Cc1ccc(CNC(=O)[C@@H]2C[C@@H](O)CN2C(=O)[C@@H](NC(=O)c2ccc(N3CCC(N4CCC(N5CCN6c7cc(-c8ccccc8O)nnc7NC[C@H]6C5)CC4)CC3)cc2)C(C)(C)C)cc1. The lowest BCUT2D eigenvalue weighted by molar-refractivity contribution is -0.142. The second-order valence-electron chi connectivity index (χ2n) is 20.0. The molecule has 6 heterocycles. The molecule has 4 saturated heterocycles. The topological polar surface area (TPSA) is 170 Å². The Labute approximate surface area is 393 Å². The number of aromatic hydroxyl groups is 1. The molecule has 5 aliphatic heterocycles. The third-order valence-electron chi connectivity index (χ3n) is 14.6. The Bertz CT molecular complexity index is 2450. The number of anilines is 3. The van der Waals surface area contributed by atoms with Gasteiger partial charge in [-0.2, -0.15) is 0 Å². The Morgan fingerprint density at radius 1 is 0.851 bits per heavy atom. The van der Waals surface area contributed by atoms with E-state index in [0.717, 1.165) is 93.5 Å². The highest BCUT2D eigenvalue weighted by molar-refractivity contribution is 5.99. The van der Waals surface area contributed by atoms with Crippen LogP contribution in [0.1, 0.15) is 74.4 Å². The molecule has 0 saturated carbocycles. The molecule has 1 aromatic heterocycles. The first-order valence-electron chi connectivity index (χ1n) is 24.0. The third-order valence-corrected chi connectivity index (χ3v) is 14.6. The predicted molar refractivity (Wildman–Crippen MR) is 260 cm³/mol. The quantitative estimate of drug-likeness (QED) is 0.143. The van der Waals surface area contributed by atoms with Gasteiger partial charge in [0.25, 0.3) is 5.91 Å². The zero-order valence-corrected chi connectivity index (χ0v) is 38.9. The molecule has 352 valence electrons. The molecular weight excluding hydrogens is 845 g/mol. The summed E-state index contributed by atoms with van der Waals surface area (Å²) in [4.78, 5) is 53.0. The van der Waals surface area contributed by atoms with Crippen LogP contribution in [-0.2, 0) is 16.1 Å². The van der Waals surface area contributed by atoms with E-state index in [2.05, 4.69) is 57.7 Å². The first kappa shape index (κ1) is 45.9. The van der Waals surface area contributed by atoms with Crippen LogP contribution in [0.4, 0.5) is 17.2 Å². The number of rotatable bonds is 10. The Morgan fingerprint density at radius 3 is 2.25 bits per heavy atom. The highest BCUT2D eigenvalue weighted by Gasteiger charge is 2.45. The van der Waals surface area contributed by atoms with Crippen molar-refractivity contribution in [3.8, 4) is 29.4 Å². The molecule has 0 spiro atoms. The fourth-order valence-electron chi connectivity index (χ4n) is 10.8. The molecule has 9 rings (SSSR count). The third kappa shape index (κ3) is 10.1. The van der Waals surface area contributed by atoms with E-state index in [4.69, 9.17) is 6.42 Å². The van der Waals surface area contributed by atoms with Gasteiger partial charge in [-0.05, 0) is 104 Å².